The molecule has 0 bridgehead atoms. The number of unbranched alkanes of at least 4 members (excludes halogenated alkanes) is 1. The monoisotopic (exact) mass is 338 g/mol. The first-order valence-electron chi connectivity index (χ1n) is 9.32. The summed E-state index contributed by atoms with van der Waals surface area (Å²) in [5, 5.41) is 6.05. The third-order valence-corrected chi connectivity index (χ3v) is 4.45. The molecule has 0 fully saturated rings. The van der Waals surface area contributed by atoms with E-state index in [0.717, 1.165) is 31.4 Å². The van der Waals surface area contributed by atoms with E-state index in [-0.39, 0.29) is 6.03 Å². The molecule has 0 aliphatic heterocycles. The smallest absolute Gasteiger partial charge is 0.319 e. The van der Waals surface area contributed by atoms with Gasteiger partial charge in [-0.2, -0.15) is 0 Å². The largest absolute Gasteiger partial charge is 0.338 e. The van der Waals surface area contributed by atoms with Gasteiger partial charge < -0.3 is 10.6 Å². The molecule has 2 N–H and O–H groups in total. The number of aryl methyl sites for hydroxylation is 2. The number of carbonyl (C=O) groups excluding carboxylic acids is 1. The summed E-state index contributed by atoms with van der Waals surface area (Å²) < 4.78 is 0. The molecule has 0 heterocycles. The summed E-state index contributed by atoms with van der Waals surface area (Å²) in [7, 11) is 0. The molecule has 25 heavy (non-hydrogen) atoms. The Balaban J connectivity index is 1.80. The number of hydrogen-bond acceptors (Lipinski definition) is 1. The van der Waals surface area contributed by atoms with Gasteiger partial charge in [-0.25, -0.2) is 4.79 Å². The van der Waals surface area contributed by atoms with Gasteiger partial charge in [0, 0.05) is 12.2 Å². The van der Waals surface area contributed by atoms with Gasteiger partial charge in [-0.3, -0.25) is 0 Å². The predicted molar refractivity (Wildman–Crippen MR) is 106 cm³/mol. The molecule has 0 unspecified atom stereocenters. The third kappa shape index (κ3) is 5.93. The van der Waals surface area contributed by atoms with Crippen molar-refractivity contribution >= 4 is 11.7 Å². The van der Waals surface area contributed by atoms with Crippen molar-refractivity contribution in [3.05, 3.63) is 65.2 Å². The van der Waals surface area contributed by atoms with Crippen molar-refractivity contribution in [1.82, 2.24) is 5.32 Å². The Morgan fingerprint density at radius 2 is 1.76 bits per heavy atom. The van der Waals surface area contributed by atoms with Gasteiger partial charge in [0.25, 0.3) is 0 Å². The molecular formula is C22H30N2O. The Morgan fingerprint density at radius 1 is 1.00 bits per heavy atom. The van der Waals surface area contributed by atoms with Gasteiger partial charge in [0.1, 0.15) is 0 Å². The highest BCUT2D eigenvalue weighted by molar-refractivity contribution is 5.91. The SMILES string of the molecule is CCc1cccc(C(C)C)c1NC(=O)NCCCCc1ccccc1. The molecule has 0 spiro atoms. The summed E-state index contributed by atoms with van der Waals surface area (Å²) in [5.41, 5.74) is 4.70. The zero-order valence-corrected chi connectivity index (χ0v) is 15.6. The fourth-order valence-electron chi connectivity index (χ4n) is 3.01. The summed E-state index contributed by atoms with van der Waals surface area (Å²) >= 11 is 0. The highest BCUT2D eigenvalue weighted by Crippen LogP contribution is 2.28. The van der Waals surface area contributed by atoms with Gasteiger partial charge in [-0.05, 0) is 48.3 Å². The maximum absolute atomic E-state index is 12.3. The van der Waals surface area contributed by atoms with Crippen LogP contribution in [0.1, 0.15) is 56.2 Å². The van der Waals surface area contributed by atoms with Crippen molar-refractivity contribution in [2.45, 2.75) is 52.4 Å². The van der Waals surface area contributed by atoms with E-state index in [0.29, 0.717) is 12.5 Å². The third-order valence-electron chi connectivity index (χ3n) is 4.45. The molecule has 0 saturated heterocycles. The average molecular weight is 338 g/mol. The predicted octanol–water partition coefficient (Wildman–Crippen LogP) is 5.52. The number of benzene rings is 2. The molecule has 2 rings (SSSR count). The summed E-state index contributed by atoms with van der Waals surface area (Å²) in [6.45, 7) is 7.12. The lowest BCUT2D eigenvalue weighted by Crippen LogP contribution is -2.30. The number of rotatable bonds is 8. The van der Waals surface area contributed by atoms with Crippen LogP contribution in [0, 0.1) is 0 Å². The van der Waals surface area contributed by atoms with Crippen LogP contribution in [0.15, 0.2) is 48.5 Å². The molecule has 0 saturated carbocycles. The number of amides is 2. The fourth-order valence-corrected chi connectivity index (χ4v) is 3.01. The summed E-state index contributed by atoms with van der Waals surface area (Å²) in [6.07, 6.45) is 4.02. The van der Waals surface area contributed by atoms with Crippen molar-refractivity contribution in [3.63, 3.8) is 0 Å². The molecule has 2 amide bonds. The number of para-hydroxylation sites is 1. The van der Waals surface area contributed by atoms with Crippen LogP contribution in [0.5, 0.6) is 0 Å². The van der Waals surface area contributed by atoms with Crippen LogP contribution >= 0.6 is 0 Å². The van der Waals surface area contributed by atoms with Gasteiger partial charge >= 0.3 is 6.03 Å². The van der Waals surface area contributed by atoms with Crippen LogP contribution in [-0.4, -0.2) is 12.6 Å². The molecule has 0 atom stereocenters. The summed E-state index contributed by atoms with van der Waals surface area (Å²) in [6, 6.07) is 16.6. The van der Waals surface area contributed by atoms with E-state index in [2.05, 4.69) is 73.9 Å². The minimum absolute atomic E-state index is 0.109. The first kappa shape index (κ1) is 19.0. The van der Waals surface area contributed by atoms with Crippen molar-refractivity contribution in [2.75, 3.05) is 11.9 Å². The zero-order chi connectivity index (χ0) is 18.1. The number of nitrogens with one attached hydrogen (secondary N) is 2. The Hall–Kier alpha value is -2.29. The van der Waals surface area contributed by atoms with Crippen molar-refractivity contribution in [1.29, 1.82) is 0 Å². The lowest BCUT2D eigenvalue weighted by molar-refractivity contribution is 0.252. The van der Waals surface area contributed by atoms with Crippen LogP contribution in [0.2, 0.25) is 0 Å². The maximum Gasteiger partial charge on any atom is 0.319 e. The number of urea groups is 1. The first-order valence-corrected chi connectivity index (χ1v) is 9.32. The van der Waals surface area contributed by atoms with Crippen LogP contribution < -0.4 is 10.6 Å². The Labute approximate surface area is 151 Å². The quantitative estimate of drug-likeness (QED) is 0.612. The first-order chi connectivity index (χ1) is 12.1. The Morgan fingerprint density at radius 3 is 2.44 bits per heavy atom. The van der Waals surface area contributed by atoms with Gasteiger partial charge in [-0.15, -0.1) is 0 Å². The van der Waals surface area contributed by atoms with E-state index in [4.69, 9.17) is 0 Å². The van der Waals surface area contributed by atoms with E-state index in [1.165, 1.54) is 16.7 Å². The lowest BCUT2D eigenvalue weighted by atomic mass is 9.96. The zero-order valence-electron chi connectivity index (χ0n) is 15.6. The molecule has 3 heteroatoms. The number of hydrogen-bond donors (Lipinski definition) is 2. The van der Waals surface area contributed by atoms with Crippen LogP contribution in [0.3, 0.4) is 0 Å². The topological polar surface area (TPSA) is 41.1 Å². The molecule has 2 aromatic rings. The van der Waals surface area contributed by atoms with Crippen LogP contribution in [0.4, 0.5) is 10.5 Å². The molecule has 3 nitrogen and oxygen atoms in total. The Bertz CT molecular complexity index is 665. The van der Waals surface area contributed by atoms with Crippen LogP contribution in [0.25, 0.3) is 0 Å². The maximum atomic E-state index is 12.3. The van der Waals surface area contributed by atoms with Crippen molar-refractivity contribution < 1.29 is 4.79 Å². The van der Waals surface area contributed by atoms with E-state index in [1.54, 1.807) is 0 Å². The molecule has 134 valence electrons. The molecule has 0 aliphatic carbocycles. The normalized spacial score (nSPS) is 10.7. The standard InChI is InChI=1S/C22H30N2O/c1-4-19-14-10-15-20(17(2)3)21(19)24-22(25)23-16-9-8-13-18-11-6-5-7-12-18/h5-7,10-12,14-15,17H,4,8-9,13,16H2,1-3H3,(H2,23,24,25). The van der Waals surface area contributed by atoms with Crippen LogP contribution in [-0.2, 0) is 12.8 Å². The van der Waals surface area contributed by atoms with Crippen molar-refractivity contribution in [2.24, 2.45) is 0 Å². The van der Waals surface area contributed by atoms with Gasteiger partial charge in [-0.1, -0.05) is 69.3 Å². The van der Waals surface area contributed by atoms with E-state index in [1.807, 2.05) is 6.07 Å². The van der Waals surface area contributed by atoms with E-state index >= 15 is 0 Å². The number of carbonyl (C=O) groups is 1. The second-order valence-corrected chi connectivity index (χ2v) is 6.71. The van der Waals surface area contributed by atoms with Gasteiger partial charge in [0.05, 0.1) is 0 Å². The highest BCUT2D eigenvalue weighted by atomic mass is 16.2. The molecule has 0 aliphatic rings. The molecule has 0 radical (unpaired) electrons. The second-order valence-electron chi connectivity index (χ2n) is 6.71. The minimum atomic E-state index is -0.109. The minimum Gasteiger partial charge on any atom is -0.338 e. The highest BCUT2D eigenvalue weighted by Gasteiger charge is 2.12. The van der Waals surface area contributed by atoms with E-state index in [9.17, 15) is 4.79 Å². The second kappa shape index (κ2) is 9.87. The van der Waals surface area contributed by atoms with Crippen molar-refractivity contribution in [3.8, 4) is 0 Å². The molecule has 2 aromatic carbocycles. The molecular weight excluding hydrogens is 308 g/mol. The lowest BCUT2D eigenvalue weighted by Gasteiger charge is -2.18. The Kier molecular flexibility index (Phi) is 7.52. The summed E-state index contributed by atoms with van der Waals surface area (Å²) in [4.78, 5) is 12.3. The molecule has 0 aromatic heterocycles. The van der Waals surface area contributed by atoms with Gasteiger partial charge in [0.2, 0.25) is 0 Å². The van der Waals surface area contributed by atoms with Gasteiger partial charge in [0.15, 0.2) is 0 Å². The number of anilines is 1. The van der Waals surface area contributed by atoms with E-state index < -0.39 is 0 Å². The summed E-state index contributed by atoms with van der Waals surface area (Å²) in [5.74, 6) is 0.382. The fraction of sp³-hybridized carbons (Fsp3) is 0.409. The average Bonchev–Trinajstić information content (AvgIpc) is 2.62.